The Labute approximate surface area is 138 Å². The van der Waals surface area contributed by atoms with Crippen LogP contribution in [0.25, 0.3) is 17.1 Å². The predicted molar refractivity (Wildman–Crippen MR) is 91.2 cm³/mol. The number of thiol groups is 1. The minimum absolute atomic E-state index is 0.0508. The van der Waals surface area contributed by atoms with Gasteiger partial charge in [-0.3, -0.25) is 4.57 Å². The molecule has 0 aliphatic heterocycles. The fourth-order valence-corrected chi connectivity index (χ4v) is 2.69. The van der Waals surface area contributed by atoms with Crippen molar-refractivity contribution < 1.29 is 10.2 Å². The van der Waals surface area contributed by atoms with Crippen LogP contribution in [0.5, 0.6) is 11.5 Å². The van der Waals surface area contributed by atoms with Gasteiger partial charge in [0.1, 0.15) is 11.5 Å². The largest absolute Gasteiger partial charge is 0.508 e. The summed E-state index contributed by atoms with van der Waals surface area (Å²) >= 11 is 4.34. The molecule has 0 amide bonds. The first-order valence-corrected chi connectivity index (χ1v) is 7.51. The molecule has 0 atom stereocenters. The van der Waals surface area contributed by atoms with Crippen LogP contribution < -0.4 is 5.73 Å². The van der Waals surface area contributed by atoms with E-state index in [0.29, 0.717) is 34.2 Å². The van der Waals surface area contributed by atoms with Crippen LogP contribution in [0.15, 0.2) is 41.6 Å². The molecule has 1 heterocycles. The Balaban J connectivity index is 2.23. The van der Waals surface area contributed by atoms with Crippen molar-refractivity contribution >= 4 is 18.3 Å². The van der Waals surface area contributed by atoms with Gasteiger partial charge in [0.2, 0.25) is 0 Å². The van der Waals surface area contributed by atoms with Crippen molar-refractivity contribution in [3.05, 3.63) is 42.0 Å². The summed E-state index contributed by atoms with van der Waals surface area (Å²) in [6, 6.07) is 10.2. The van der Waals surface area contributed by atoms with Crippen LogP contribution in [-0.2, 0) is 6.42 Å². The first kappa shape index (κ1) is 15.2. The average Bonchev–Trinajstić information content (AvgIpc) is 2.89. The molecule has 0 bridgehead atoms. The van der Waals surface area contributed by atoms with Gasteiger partial charge in [0.15, 0.2) is 11.0 Å². The number of aromatic hydroxyl groups is 2. The SMILES string of the molecule is CCc1cc(-c2nnc(S)n2-c2cccc(N)c2)c(O)cc1O. The second-order valence-electron chi connectivity index (χ2n) is 5.11. The topological polar surface area (TPSA) is 97.2 Å². The van der Waals surface area contributed by atoms with E-state index in [0.717, 1.165) is 5.69 Å². The van der Waals surface area contributed by atoms with Gasteiger partial charge in [-0.2, -0.15) is 0 Å². The van der Waals surface area contributed by atoms with E-state index in [2.05, 4.69) is 22.8 Å². The number of phenolic OH excluding ortho intramolecular Hbond substituents is 2. The van der Waals surface area contributed by atoms with E-state index < -0.39 is 0 Å². The average molecular weight is 328 g/mol. The quantitative estimate of drug-likeness (QED) is 0.438. The first-order valence-electron chi connectivity index (χ1n) is 7.06. The highest BCUT2D eigenvalue weighted by atomic mass is 32.1. The highest BCUT2D eigenvalue weighted by Crippen LogP contribution is 2.36. The zero-order valence-corrected chi connectivity index (χ0v) is 13.3. The summed E-state index contributed by atoms with van der Waals surface area (Å²) in [5.74, 6) is 0.397. The van der Waals surface area contributed by atoms with Gasteiger partial charge in [-0.1, -0.05) is 13.0 Å². The number of benzene rings is 2. The van der Waals surface area contributed by atoms with Crippen LogP contribution in [0.1, 0.15) is 12.5 Å². The monoisotopic (exact) mass is 328 g/mol. The molecule has 7 heteroatoms. The van der Waals surface area contributed by atoms with Crippen LogP contribution in [0.3, 0.4) is 0 Å². The fourth-order valence-electron chi connectivity index (χ4n) is 2.44. The number of nitrogen functional groups attached to an aromatic ring is 1. The molecule has 0 saturated heterocycles. The predicted octanol–water partition coefficient (Wildman–Crippen LogP) is 2.78. The molecule has 6 nitrogen and oxygen atoms in total. The van der Waals surface area contributed by atoms with E-state index in [1.54, 1.807) is 22.8 Å². The van der Waals surface area contributed by atoms with Gasteiger partial charge >= 0.3 is 0 Å². The number of rotatable bonds is 3. The van der Waals surface area contributed by atoms with Crippen LogP contribution in [0, 0.1) is 0 Å². The Kier molecular flexibility index (Phi) is 3.87. The molecule has 0 unspecified atom stereocenters. The summed E-state index contributed by atoms with van der Waals surface area (Å²) in [4.78, 5) is 0. The molecule has 0 saturated carbocycles. The van der Waals surface area contributed by atoms with Gasteiger partial charge in [-0.25, -0.2) is 0 Å². The molecule has 0 spiro atoms. The molecule has 2 aromatic carbocycles. The molecule has 0 radical (unpaired) electrons. The standard InChI is InChI=1S/C16H16N4O2S/c1-2-9-6-12(14(22)8-13(9)21)15-18-19-16(23)20(15)11-5-3-4-10(17)7-11/h3-8,21-22H,2,17H2,1H3,(H,19,23). The second kappa shape index (κ2) is 5.85. The van der Waals surface area contributed by atoms with E-state index in [1.807, 2.05) is 19.1 Å². The van der Waals surface area contributed by atoms with Crippen LogP contribution >= 0.6 is 12.6 Å². The number of aryl methyl sites for hydroxylation is 1. The van der Waals surface area contributed by atoms with Crippen molar-refractivity contribution in [3.63, 3.8) is 0 Å². The number of anilines is 1. The third kappa shape index (κ3) is 2.70. The molecular formula is C16H16N4O2S. The fraction of sp³-hybridized carbons (Fsp3) is 0.125. The number of nitrogens with zero attached hydrogens (tertiary/aromatic N) is 3. The van der Waals surface area contributed by atoms with E-state index in [4.69, 9.17) is 5.73 Å². The highest BCUT2D eigenvalue weighted by Gasteiger charge is 2.18. The second-order valence-corrected chi connectivity index (χ2v) is 5.51. The zero-order chi connectivity index (χ0) is 16.6. The number of phenols is 2. The molecule has 118 valence electrons. The summed E-state index contributed by atoms with van der Waals surface area (Å²) in [7, 11) is 0. The molecule has 0 fully saturated rings. The molecule has 1 aromatic heterocycles. The maximum absolute atomic E-state index is 10.2. The van der Waals surface area contributed by atoms with Crippen molar-refractivity contribution in [1.29, 1.82) is 0 Å². The van der Waals surface area contributed by atoms with Gasteiger partial charge in [0.25, 0.3) is 0 Å². The van der Waals surface area contributed by atoms with Crippen molar-refractivity contribution in [2.75, 3.05) is 5.73 Å². The minimum Gasteiger partial charge on any atom is -0.508 e. The zero-order valence-electron chi connectivity index (χ0n) is 12.4. The Hall–Kier alpha value is -2.67. The van der Waals surface area contributed by atoms with Crippen molar-refractivity contribution in [3.8, 4) is 28.6 Å². The lowest BCUT2D eigenvalue weighted by Crippen LogP contribution is -2.00. The molecular weight excluding hydrogens is 312 g/mol. The summed E-state index contributed by atoms with van der Waals surface area (Å²) in [5, 5.41) is 28.5. The maximum Gasteiger partial charge on any atom is 0.193 e. The lowest BCUT2D eigenvalue weighted by atomic mass is 10.1. The molecule has 3 rings (SSSR count). The number of nitrogens with two attached hydrogens (primary N) is 1. The van der Waals surface area contributed by atoms with E-state index >= 15 is 0 Å². The highest BCUT2D eigenvalue weighted by molar-refractivity contribution is 7.80. The molecule has 23 heavy (non-hydrogen) atoms. The lowest BCUT2D eigenvalue weighted by molar-refractivity contribution is 0.447. The van der Waals surface area contributed by atoms with Crippen LogP contribution in [0.2, 0.25) is 0 Å². The van der Waals surface area contributed by atoms with E-state index in [-0.39, 0.29) is 11.5 Å². The van der Waals surface area contributed by atoms with E-state index in [9.17, 15) is 10.2 Å². The van der Waals surface area contributed by atoms with Crippen LogP contribution in [0.4, 0.5) is 5.69 Å². The van der Waals surface area contributed by atoms with Gasteiger partial charge < -0.3 is 15.9 Å². The lowest BCUT2D eigenvalue weighted by Gasteiger charge is -2.12. The van der Waals surface area contributed by atoms with E-state index in [1.165, 1.54) is 6.07 Å². The summed E-state index contributed by atoms with van der Waals surface area (Å²) in [6.45, 7) is 1.92. The smallest absolute Gasteiger partial charge is 0.193 e. The van der Waals surface area contributed by atoms with Gasteiger partial charge in [0.05, 0.1) is 11.3 Å². The third-order valence-electron chi connectivity index (χ3n) is 3.59. The van der Waals surface area contributed by atoms with Crippen molar-refractivity contribution in [1.82, 2.24) is 14.8 Å². The number of hydrogen-bond donors (Lipinski definition) is 4. The molecule has 4 N–H and O–H groups in total. The van der Waals surface area contributed by atoms with Crippen molar-refractivity contribution in [2.45, 2.75) is 18.5 Å². The number of aromatic nitrogens is 3. The summed E-state index contributed by atoms with van der Waals surface area (Å²) in [6.07, 6.45) is 0.624. The Morgan fingerprint density at radius 1 is 1.13 bits per heavy atom. The third-order valence-corrected chi connectivity index (χ3v) is 3.88. The molecule has 0 aliphatic rings. The number of hydrogen-bond acceptors (Lipinski definition) is 6. The molecule has 0 aliphatic carbocycles. The first-order chi connectivity index (χ1) is 11.0. The normalized spacial score (nSPS) is 10.9. The summed E-state index contributed by atoms with van der Waals surface area (Å²) < 4.78 is 1.69. The molecule has 3 aromatic rings. The van der Waals surface area contributed by atoms with Crippen molar-refractivity contribution in [2.24, 2.45) is 0 Å². The van der Waals surface area contributed by atoms with Gasteiger partial charge in [-0.05, 0) is 36.2 Å². The Morgan fingerprint density at radius 3 is 2.61 bits per heavy atom. The Morgan fingerprint density at radius 2 is 1.91 bits per heavy atom. The summed E-state index contributed by atoms with van der Waals surface area (Å²) in [5.41, 5.74) is 8.35. The Bertz CT molecular complexity index is 877. The van der Waals surface area contributed by atoms with Gasteiger partial charge in [0, 0.05) is 11.8 Å². The van der Waals surface area contributed by atoms with Crippen LogP contribution in [-0.4, -0.2) is 25.0 Å². The maximum atomic E-state index is 10.2. The minimum atomic E-state index is -0.0782. The van der Waals surface area contributed by atoms with Gasteiger partial charge in [-0.15, -0.1) is 22.8 Å².